The Hall–Kier alpha value is -9.18. The van der Waals surface area contributed by atoms with Crippen LogP contribution in [0.25, 0.3) is 55.3 Å². The lowest BCUT2D eigenvalue weighted by atomic mass is 9.66. The van der Waals surface area contributed by atoms with E-state index in [2.05, 4.69) is 266 Å². The molecule has 3 aliphatic rings. The van der Waals surface area contributed by atoms with E-state index in [0.717, 1.165) is 72.8 Å². The fourth-order valence-electron chi connectivity index (χ4n) is 12.8. The molecule has 12 aromatic rings. The van der Waals surface area contributed by atoms with Gasteiger partial charge in [0.1, 0.15) is 22.7 Å². The lowest BCUT2D eigenvalue weighted by Crippen LogP contribution is -2.32. The Kier molecular flexibility index (Phi) is 8.49. The van der Waals surface area contributed by atoms with Gasteiger partial charge in [0.2, 0.25) is 0 Å². The zero-order chi connectivity index (χ0) is 46.7. The lowest BCUT2D eigenvalue weighted by molar-refractivity contribution is 0.436. The molecule has 2 heterocycles. The predicted molar refractivity (Wildman–Crippen MR) is 289 cm³/mol. The highest BCUT2D eigenvalue weighted by Crippen LogP contribution is 2.63. The average molecular weight is 906 g/mol. The summed E-state index contributed by atoms with van der Waals surface area (Å²) in [5.74, 6) is 1.74. The topological polar surface area (TPSA) is 25.6 Å². The highest BCUT2D eigenvalue weighted by molar-refractivity contribution is 6.14. The van der Waals surface area contributed by atoms with Crippen molar-refractivity contribution >= 4 is 39.0 Å². The van der Waals surface area contributed by atoms with E-state index < -0.39 is 10.8 Å². The zero-order valence-electron chi connectivity index (χ0n) is 38.6. The number of anilines is 3. The molecule has 0 bridgehead atoms. The molecule has 2 aliphatic carbocycles. The normalized spacial score (nSPS) is 14.0. The summed E-state index contributed by atoms with van der Waals surface area (Å²) in [4.78, 5) is 2.48. The van der Waals surface area contributed by atoms with E-state index in [1.807, 2.05) is 0 Å². The fourth-order valence-corrected chi connectivity index (χ4v) is 12.8. The first-order valence-corrected chi connectivity index (χ1v) is 24.5. The minimum atomic E-state index is -0.644. The number of para-hydroxylation sites is 2. The molecule has 0 N–H and O–H groups in total. The van der Waals surface area contributed by atoms with Gasteiger partial charge in [-0.05, 0) is 127 Å². The molecular weight excluding hydrogens is 863 g/mol. The lowest BCUT2D eigenvalue weighted by Gasteiger charge is -2.39. The van der Waals surface area contributed by atoms with Crippen LogP contribution in [0.1, 0.15) is 44.5 Å². The van der Waals surface area contributed by atoms with Crippen molar-refractivity contribution in [1.29, 1.82) is 0 Å². The summed E-state index contributed by atoms with van der Waals surface area (Å²) in [5, 5.41) is 2.12. The first-order chi connectivity index (χ1) is 35.2. The number of hydrogen-bond acceptors (Lipinski definition) is 3. The number of nitrogens with zero attached hydrogens (tertiary/aromatic N) is 1. The summed E-state index contributed by atoms with van der Waals surface area (Å²) in [7, 11) is 0. The SMILES string of the molecule is c1ccc(-c2ccc3oc4cccc(N(c5cccc(C6(c7ccccc7)c7ccccc7-c7ccccc76)c5)c5ccc6c(c5)C5(c7ccccc7Oc7ccccc75)c5ccccc5-6)c4c3c2)cc1. The largest absolute Gasteiger partial charge is 0.457 e. The zero-order valence-corrected chi connectivity index (χ0v) is 38.6. The van der Waals surface area contributed by atoms with Gasteiger partial charge in [0.25, 0.3) is 0 Å². The fraction of sp³-hybridized carbons (Fsp3) is 0.0294. The van der Waals surface area contributed by atoms with E-state index in [1.165, 1.54) is 55.6 Å². The van der Waals surface area contributed by atoms with Crippen molar-refractivity contribution in [1.82, 2.24) is 0 Å². The van der Waals surface area contributed by atoms with E-state index in [-0.39, 0.29) is 0 Å². The van der Waals surface area contributed by atoms with Gasteiger partial charge in [0, 0.05) is 27.9 Å². The molecule has 0 saturated carbocycles. The van der Waals surface area contributed by atoms with Crippen LogP contribution in [0.5, 0.6) is 11.5 Å². The Balaban J connectivity index is 1.04. The molecule has 0 amide bonds. The molecule has 0 unspecified atom stereocenters. The van der Waals surface area contributed by atoms with Gasteiger partial charge in [-0.3, -0.25) is 0 Å². The van der Waals surface area contributed by atoms with Crippen molar-refractivity contribution in [2.24, 2.45) is 0 Å². The molecule has 1 aliphatic heterocycles. The van der Waals surface area contributed by atoms with E-state index in [0.29, 0.717) is 0 Å². The van der Waals surface area contributed by atoms with Gasteiger partial charge >= 0.3 is 0 Å². The minimum absolute atomic E-state index is 0.589. The maximum atomic E-state index is 6.81. The van der Waals surface area contributed by atoms with Crippen LogP contribution in [0.2, 0.25) is 0 Å². The van der Waals surface area contributed by atoms with Crippen LogP contribution in [0.15, 0.2) is 265 Å². The van der Waals surface area contributed by atoms with E-state index in [9.17, 15) is 0 Å². The summed E-state index contributed by atoms with van der Waals surface area (Å²) in [6.07, 6.45) is 0. The maximum Gasteiger partial charge on any atom is 0.137 e. The highest BCUT2D eigenvalue weighted by Gasteiger charge is 2.51. The van der Waals surface area contributed by atoms with Crippen molar-refractivity contribution in [2.45, 2.75) is 10.8 Å². The van der Waals surface area contributed by atoms with Gasteiger partial charge in [-0.2, -0.15) is 0 Å². The molecule has 11 aromatic carbocycles. The second kappa shape index (κ2) is 15.2. The van der Waals surface area contributed by atoms with Crippen molar-refractivity contribution in [3.63, 3.8) is 0 Å². The third-order valence-electron chi connectivity index (χ3n) is 15.6. The second-order valence-corrected chi connectivity index (χ2v) is 19.0. The number of rotatable bonds is 6. The number of hydrogen-bond donors (Lipinski definition) is 0. The molecule has 3 nitrogen and oxygen atoms in total. The van der Waals surface area contributed by atoms with E-state index in [4.69, 9.17) is 9.15 Å². The molecule has 0 saturated heterocycles. The molecule has 0 fully saturated rings. The summed E-state index contributed by atoms with van der Waals surface area (Å²) in [6.45, 7) is 0. The van der Waals surface area contributed by atoms with Gasteiger partial charge in [0.05, 0.1) is 21.9 Å². The quantitative estimate of drug-likeness (QED) is 0.166. The van der Waals surface area contributed by atoms with Crippen LogP contribution in [0.4, 0.5) is 17.1 Å². The van der Waals surface area contributed by atoms with Gasteiger partial charge < -0.3 is 14.1 Å². The van der Waals surface area contributed by atoms with Crippen LogP contribution in [-0.2, 0) is 10.8 Å². The van der Waals surface area contributed by atoms with E-state index >= 15 is 0 Å². The third-order valence-corrected chi connectivity index (χ3v) is 15.6. The molecule has 3 heteroatoms. The average Bonchev–Trinajstić information content (AvgIpc) is 4.07. The summed E-state index contributed by atoms with van der Waals surface area (Å²) < 4.78 is 13.6. The van der Waals surface area contributed by atoms with Crippen LogP contribution in [0, 0.1) is 0 Å². The molecule has 332 valence electrons. The molecule has 71 heavy (non-hydrogen) atoms. The van der Waals surface area contributed by atoms with Gasteiger partial charge in [-0.25, -0.2) is 0 Å². The standard InChI is InChI=1S/C68H43NO2/c1-3-19-44(20-4-1)45-37-40-62-54(41-45)66-61(33-18-36-65(66)70-62)69(48-24-17-23-47(42-48)67(46-21-5-2-6-22-46)55-28-10-7-25-50(55)51-26-8-11-29-56(51)67)49-38-39-53-52-27-9-12-30-57(52)68(60(53)43-49)58-31-13-15-34-63(58)71-64-35-16-14-32-59(64)68/h1-43H. The minimum Gasteiger partial charge on any atom is -0.457 e. The Morgan fingerprint density at radius 3 is 1.52 bits per heavy atom. The monoisotopic (exact) mass is 905 g/mol. The van der Waals surface area contributed by atoms with Crippen LogP contribution < -0.4 is 9.64 Å². The molecule has 1 aromatic heterocycles. The Labute approximate surface area is 412 Å². The van der Waals surface area contributed by atoms with Crippen LogP contribution in [-0.4, -0.2) is 0 Å². The summed E-state index contributed by atoms with van der Waals surface area (Å²) >= 11 is 0. The first kappa shape index (κ1) is 39.8. The third kappa shape index (κ3) is 5.49. The van der Waals surface area contributed by atoms with Crippen molar-refractivity contribution in [3.8, 4) is 44.9 Å². The van der Waals surface area contributed by atoms with Crippen LogP contribution in [0.3, 0.4) is 0 Å². The molecule has 15 rings (SSSR count). The smallest absolute Gasteiger partial charge is 0.137 e. The Morgan fingerprint density at radius 1 is 0.310 bits per heavy atom. The number of ether oxygens (including phenoxy) is 1. The van der Waals surface area contributed by atoms with E-state index in [1.54, 1.807) is 0 Å². The number of fused-ring (bicyclic) bond motifs is 15. The molecule has 1 spiro atoms. The number of furan rings is 1. The summed E-state index contributed by atoms with van der Waals surface area (Å²) in [6, 6.07) is 95.4. The number of benzene rings is 11. The Morgan fingerprint density at radius 2 is 0.845 bits per heavy atom. The Bertz CT molecular complexity index is 4020. The van der Waals surface area contributed by atoms with Crippen molar-refractivity contribution in [3.05, 3.63) is 305 Å². The van der Waals surface area contributed by atoms with Gasteiger partial charge in [0.15, 0.2) is 0 Å². The van der Waals surface area contributed by atoms with Gasteiger partial charge in [-0.1, -0.05) is 200 Å². The highest BCUT2D eigenvalue weighted by atomic mass is 16.5. The predicted octanol–water partition coefficient (Wildman–Crippen LogP) is 17.6. The van der Waals surface area contributed by atoms with Crippen molar-refractivity contribution in [2.75, 3.05) is 4.90 Å². The van der Waals surface area contributed by atoms with Crippen molar-refractivity contribution < 1.29 is 9.15 Å². The first-order valence-electron chi connectivity index (χ1n) is 24.5. The molecular formula is C68H43NO2. The second-order valence-electron chi connectivity index (χ2n) is 19.0. The van der Waals surface area contributed by atoms with Gasteiger partial charge in [-0.15, -0.1) is 0 Å². The van der Waals surface area contributed by atoms with Crippen LogP contribution >= 0.6 is 0 Å². The molecule has 0 radical (unpaired) electrons. The maximum absolute atomic E-state index is 6.81. The summed E-state index contributed by atoms with van der Waals surface area (Å²) in [5.41, 5.74) is 20.5. The molecule has 0 atom stereocenters.